The first-order valence-electron chi connectivity index (χ1n) is 6.10. The Hall–Kier alpha value is -1.71. The van der Waals surface area contributed by atoms with Gasteiger partial charge in [0.25, 0.3) is 0 Å². The molecule has 0 radical (unpaired) electrons. The second-order valence-electron chi connectivity index (χ2n) is 4.41. The molecule has 0 fully saturated rings. The zero-order valence-electron chi connectivity index (χ0n) is 10.4. The monoisotopic (exact) mass is 277 g/mol. The molecule has 0 aliphatic rings. The Morgan fingerprint density at radius 1 is 0.895 bits per heavy atom. The minimum absolute atomic E-state index is 0.183. The molecule has 0 heterocycles. The molecule has 0 spiro atoms. The largest absolute Gasteiger partial charge is 0.508 e. The molecule has 0 atom stereocenters. The number of aromatic hydroxyl groups is 2. The highest BCUT2D eigenvalue weighted by atomic mass is 35.5. The average Bonchev–Trinajstić information content (AvgIpc) is 2.36. The van der Waals surface area contributed by atoms with Crippen molar-refractivity contribution >= 4 is 11.6 Å². The van der Waals surface area contributed by atoms with E-state index in [9.17, 15) is 10.2 Å². The van der Waals surface area contributed by atoms with E-state index in [1.807, 2.05) is 18.2 Å². The summed E-state index contributed by atoms with van der Waals surface area (Å²) < 4.78 is 0. The summed E-state index contributed by atoms with van der Waals surface area (Å²) in [5.41, 5.74) is 2.12. The van der Waals surface area contributed by atoms with Crippen molar-refractivity contribution in [1.29, 1.82) is 0 Å². The van der Waals surface area contributed by atoms with E-state index in [-0.39, 0.29) is 11.5 Å². The van der Waals surface area contributed by atoms with E-state index in [1.165, 1.54) is 11.6 Å². The molecule has 3 N–H and O–H groups in total. The lowest BCUT2D eigenvalue weighted by Crippen LogP contribution is -2.16. The zero-order valence-corrected chi connectivity index (χ0v) is 11.2. The van der Waals surface area contributed by atoms with Gasteiger partial charge < -0.3 is 15.5 Å². The maximum atomic E-state index is 9.42. The van der Waals surface area contributed by atoms with Gasteiger partial charge in [0.05, 0.1) is 0 Å². The Morgan fingerprint density at radius 2 is 1.63 bits per heavy atom. The van der Waals surface area contributed by atoms with Crippen molar-refractivity contribution in [2.75, 3.05) is 6.54 Å². The van der Waals surface area contributed by atoms with Gasteiger partial charge in [0.2, 0.25) is 0 Å². The number of phenols is 2. The van der Waals surface area contributed by atoms with Crippen LogP contribution in [0.2, 0.25) is 5.02 Å². The number of nitrogens with one attached hydrogen (secondary N) is 1. The number of rotatable bonds is 5. The molecule has 3 nitrogen and oxygen atoms in total. The highest BCUT2D eigenvalue weighted by molar-refractivity contribution is 6.30. The van der Waals surface area contributed by atoms with Gasteiger partial charge in [0.15, 0.2) is 0 Å². The fraction of sp³-hybridized carbons (Fsp3) is 0.200. The van der Waals surface area contributed by atoms with Gasteiger partial charge in [-0.25, -0.2) is 0 Å². The lowest BCUT2D eigenvalue weighted by molar-refractivity contribution is 0.474. The van der Waals surface area contributed by atoms with Crippen LogP contribution in [-0.4, -0.2) is 16.8 Å². The number of halogens is 1. The molecular formula is C15H16ClNO2. The van der Waals surface area contributed by atoms with Crippen LogP contribution < -0.4 is 5.32 Å². The van der Waals surface area contributed by atoms with Crippen LogP contribution in [0.15, 0.2) is 42.5 Å². The molecule has 2 aromatic rings. The van der Waals surface area contributed by atoms with Crippen LogP contribution in [0, 0.1) is 0 Å². The van der Waals surface area contributed by atoms with Crippen molar-refractivity contribution in [2.24, 2.45) is 0 Å². The summed E-state index contributed by atoms with van der Waals surface area (Å²) in [5, 5.41) is 22.4. The average molecular weight is 278 g/mol. The predicted molar refractivity (Wildman–Crippen MR) is 76.6 cm³/mol. The molecule has 0 saturated heterocycles. The van der Waals surface area contributed by atoms with Crippen LogP contribution in [-0.2, 0) is 13.0 Å². The van der Waals surface area contributed by atoms with Crippen molar-refractivity contribution in [3.05, 3.63) is 58.6 Å². The Kier molecular flexibility index (Phi) is 4.66. The SMILES string of the molecule is Oc1ccc(CCNCc2cc(O)cc(Cl)c2)cc1. The van der Waals surface area contributed by atoms with Gasteiger partial charge in [-0.3, -0.25) is 0 Å². The minimum atomic E-state index is 0.183. The fourth-order valence-corrected chi connectivity index (χ4v) is 2.12. The van der Waals surface area contributed by atoms with E-state index >= 15 is 0 Å². The second kappa shape index (κ2) is 6.45. The predicted octanol–water partition coefficient (Wildman–Crippen LogP) is 3.08. The number of hydrogen-bond donors (Lipinski definition) is 3. The van der Waals surface area contributed by atoms with Gasteiger partial charge in [-0.05, 0) is 54.4 Å². The van der Waals surface area contributed by atoms with Gasteiger partial charge in [0, 0.05) is 11.6 Å². The van der Waals surface area contributed by atoms with Gasteiger partial charge in [-0.1, -0.05) is 23.7 Å². The smallest absolute Gasteiger partial charge is 0.117 e. The third-order valence-electron chi connectivity index (χ3n) is 2.80. The van der Waals surface area contributed by atoms with Gasteiger partial charge in [0.1, 0.15) is 11.5 Å². The van der Waals surface area contributed by atoms with E-state index in [0.29, 0.717) is 11.6 Å². The van der Waals surface area contributed by atoms with Crippen LogP contribution in [0.3, 0.4) is 0 Å². The lowest BCUT2D eigenvalue weighted by atomic mass is 10.1. The van der Waals surface area contributed by atoms with E-state index in [2.05, 4.69) is 5.32 Å². The molecule has 2 aromatic carbocycles. The Morgan fingerprint density at radius 3 is 2.32 bits per heavy atom. The number of phenolic OH excluding ortho intramolecular Hbond substituents is 2. The standard InChI is InChI=1S/C15H16ClNO2/c16-13-7-12(8-15(19)9-13)10-17-6-5-11-1-3-14(18)4-2-11/h1-4,7-9,17-19H,5-6,10H2. The van der Waals surface area contributed by atoms with Crippen LogP contribution >= 0.6 is 11.6 Å². The third-order valence-corrected chi connectivity index (χ3v) is 3.02. The van der Waals surface area contributed by atoms with Crippen LogP contribution in [0.5, 0.6) is 11.5 Å². The molecule has 0 aliphatic carbocycles. The molecule has 0 amide bonds. The Balaban J connectivity index is 1.79. The van der Waals surface area contributed by atoms with E-state index in [0.717, 1.165) is 18.5 Å². The first kappa shape index (κ1) is 13.7. The van der Waals surface area contributed by atoms with Crippen molar-refractivity contribution in [3.8, 4) is 11.5 Å². The molecule has 0 aliphatic heterocycles. The molecule has 0 saturated carbocycles. The van der Waals surface area contributed by atoms with Crippen LogP contribution in [0.4, 0.5) is 0 Å². The first-order chi connectivity index (χ1) is 9.13. The zero-order chi connectivity index (χ0) is 13.7. The molecule has 4 heteroatoms. The number of hydrogen-bond acceptors (Lipinski definition) is 3. The highest BCUT2D eigenvalue weighted by Gasteiger charge is 1.99. The first-order valence-corrected chi connectivity index (χ1v) is 6.48. The fourth-order valence-electron chi connectivity index (χ4n) is 1.86. The summed E-state index contributed by atoms with van der Waals surface area (Å²) >= 11 is 5.86. The summed E-state index contributed by atoms with van der Waals surface area (Å²) in [6.07, 6.45) is 0.882. The highest BCUT2D eigenvalue weighted by Crippen LogP contribution is 2.19. The summed E-state index contributed by atoms with van der Waals surface area (Å²) in [6.45, 7) is 1.48. The normalized spacial score (nSPS) is 10.6. The van der Waals surface area contributed by atoms with Crippen LogP contribution in [0.25, 0.3) is 0 Å². The van der Waals surface area contributed by atoms with Gasteiger partial charge in [-0.15, -0.1) is 0 Å². The van der Waals surface area contributed by atoms with Crippen molar-refractivity contribution < 1.29 is 10.2 Å². The van der Waals surface area contributed by atoms with Gasteiger partial charge in [-0.2, -0.15) is 0 Å². The summed E-state index contributed by atoms with van der Waals surface area (Å²) in [5.74, 6) is 0.467. The Labute approximate surface area is 117 Å². The molecule has 2 rings (SSSR count). The van der Waals surface area contributed by atoms with Gasteiger partial charge >= 0.3 is 0 Å². The molecular weight excluding hydrogens is 262 g/mol. The molecule has 0 bridgehead atoms. The summed E-state index contributed by atoms with van der Waals surface area (Å²) in [4.78, 5) is 0. The maximum Gasteiger partial charge on any atom is 0.117 e. The summed E-state index contributed by atoms with van der Waals surface area (Å²) in [6, 6.07) is 12.2. The maximum absolute atomic E-state index is 9.42. The van der Waals surface area contributed by atoms with E-state index in [1.54, 1.807) is 18.2 Å². The lowest BCUT2D eigenvalue weighted by Gasteiger charge is -2.06. The second-order valence-corrected chi connectivity index (χ2v) is 4.85. The Bertz CT molecular complexity index is 520. The van der Waals surface area contributed by atoms with Crippen molar-refractivity contribution in [3.63, 3.8) is 0 Å². The van der Waals surface area contributed by atoms with E-state index < -0.39 is 0 Å². The summed E-state index contributed by atoms with van der Waals surface area (Å²) in [7, 11) is 0. The molecule has 0 aromatic heterocycles. The third kappa shape index (κ3) is 4.47. The van der Waals surface area contributed by atoms with E-state index in [4.69, 9.17) is 11.6 Å². The topological polar surface area (TPSA) is 52.5 Å². The van der Waals surface area contributed by atoms with Crippen molar-refractivity contribution in [2.45, 2.75) is 13.0 Å². The quantitative estimate of drug-likeness (QED) is 0.736. The molecule has 19 heavy (non-hydrogen) atoms. The van der Waals surface area contributed by atoms with Crippen molar-refractivity contribution in [1.82, 2.24) is 5.32 Å². The molecule has 0 unspecified atom stereocenters. The molecule has 100 valence electrons. The number of benzene rings is 2. The minimum Gasteiger partial charge on any atom is -0.508 e. The van der Waals surface area contributed by atoms with Crippen LogP contribution in [0.1, 0.15) is 11.1 Å².